The molecule has 0 saturated carbocycles. The van der Waals surface area contributed by atoms with Crippen molar-refractivity contribution < 1.29 is 14.7 Å². The van der Waals surface area contributed by atoms with Crippen molar-refractivity contribution in [2.45, 2.75) is 25.3 Å². The van der Waals surface area contributed by atoms with Crippen LogP contribution in [-0.2, 0) is 4.79 Å². The number of amides is 1. The summed E-state index contributed by atoms with van der Waals surface area (Å²) in [5, 5.41) is 11.7. The largest absolute Gasteiger partial charge is 0.480 e. The molecule has 1 amide bonds. The number of nitrogens with zero attached hydrogens (tertiary/aromatic N) is 2. The summed E-state index contributed by atoms with van der Waals surface area (Å²) in [6, 6.07) is 2.90. The number of carbonyl (C=O) groups excluding carboxylic acids is 1. The van der Waals surface area contributed by atoms with Crippen molar-refractivity contribution in [3.63, 3.8) is 0 Å². The van der Waals surface area contributed by atoms with Crippen LogP contribution in [0.5, 0.6) is 0 Å². The molecule has 3 heterocycles. The summed E-state index contributed by atoms with van der Waals surface area (Å²) in [4.78, 5) is 30.5. The normalized spacial score (nSPS) is 18.4. The van der Waals surface area contributed by atoms with Gasteiger partial charge in [-0.05, 0) is 31.4 Å². The lowest BCUT2D eigenvalue weighted by atomic mass is 10.0. The second-order valence-electron chi connectivity index (χ2n) is 4.99. The number of thiophene rings is 1. The molecule has 0 radical (unpaired) electrons. The first-order valence-corrected chi connectivity index (χ1v) is 8.88. The molecule has 3 rings (SSSR count). The molecule has 0 aliphatic carbocycles. The number of hydrogen-bond donors (Lipinski definition) is 1. The molecule has 0 unspecified atom stereocenters. The van der Waals surface area contributed by atoms with Crippen LogP contribution in [0.3, 0.4) is 0 Å². The van der Waals surface area contributed by atoms with E-state index >= 15 is 0 Å². The fourth-order valence-corrected chi connectivity index (χ4v) is 4.40. The maximum Gasteiger partial charge on any atom is 0.326 e. The molecule has 2 aromatic heterocycles. The molecule has 22 heavy (non-hydrogen) atoms. The number of thiazole rings is 1. The van der Waals surface area contributed by atoms with E-state index < -0.39 is 12.0 Å². The zero-order valence-corrected chi connectivity index (χ0v) is 13.9. The van der Waals surface area contributed by atoms with Gasteiger partial charge in [-0.15, -0.1) is 22.7 Å². The fourth-order valence-electron chi connectivity index (χ4n) is 2.49. The molecular formula is C14H13ClN2O3S2. The number of halogens is 1. The first kappa shape index (κ1) is 15.5. The van der Waals surface area contributed by atoms with Crippen LogP contribution in [0.15, 0.2) is 17.5 Å². The van der Waals surface area contributed by atoms with Crippen LogP contribution in [0.4, 0.5) is 0 Å². The smallest absolute Gasteiger partial charge is 0.326 e. The number of carboxylic acids is 1. The lowest BCUT2D eigenvalue weighted by Gasteiger charge is -2.32. The van der Waals surface area contributed by atoms with E-state index in [1.165, 1.54) is 27.6 Å². The van der Waals surface area contributed by atoms with Gasteiger partial charge in [0.15, 0.2) is 0 Å². The molecule has 0 aromatic carbocycles. The summed E-state index contributed by atoms with van der Waals surface area (Å²) in [6.45, 7) is 0.466. The van der Waals surface area contributed by atoms with Crippen LogP contribution in [0.2, 0.25) is 4.34 Å². The zero-order chi connectivity index (χ0) is 15.7. The molecule has 0 spiro atoms. The van der Waals surface area contributed by atoms with E-state index in [1.807, 2.05) is 6.07 Å². The van der Waals surface area contributed by atoms with Crippen molar-refractivity contribution in [2.24, 2.45) is 0 Å². The van der Waals surface area contributed by atoms with Crippen molar-refractivity contribution in [1.82, 2.24) is 9.88 Å². The number of likely N-dealkylation sites (tertiary alicyclic amines) is 1. The molecule has 1 aliphatic rings. The van der Waals surface area contributed by atoms with E-state index in [4.69, 9.17) is 11.6 Å². The maximum atomic E-state index is 12.5. The van der Waals surface area contributed by atoms with E-state index in [1.54, 1.807) is 11.4 Å². The SMILES string of the molecule is O=C(O)[C@H]1CCCCN1C(=O)c1csc(-c2ccc(Cl)s2)n1. The van der Waals surface area contributed by atoms with Gasteiger partial charge in [-0.3, -0.25) is 4.79 Å². The first-order chi connectivity index (χ1) is 10.6. The summed E-state index contributed by atoms with van der Waals surface area (Å²) in [7, 11) is 0. The Morgan fingerprint density at radius 3 is 2.86 bits per heavy atom. The molecule has 116 valence electrons. The number of aliphatic carboxylic acids is 1. The van der Waals surface area contributed by atoms with Gasteiger partial charge in [-0.1, -0.05) is 11.6 Å². The first-order valence-electron chi connectivity index (χ1n) is 6.81. The molecule has 1 N–H and O–H groups in total. The number of aromatic nitrogens is 1. The third kappa shape index (κ3) is 3.02. The van der Waals surface area contributed by atoms with E-state index in [-0.39, 0.29) is 5.91 Å². The van der Waals surface area contributed by atoms with Crippen molar-refractivity contribution in [3.05, 3.63) is 27.5 Å². The minimum atomic E-state index is -0.950. The van der Waals surface area contributed by atoms with E-state index in [0.717, 1.165) is 22.7 Å². The maximum absolute atomic E-state index is 12.5. The summed E-state index contributed by atoms with van der Waals surface area (Å²) < 4.78 is 0.667. The van der Waals surface area contributed by atoms with Gasteiger partial charge in [0.05, 0.1) is 9.21 Å². The predicted octanol–water partition coefficient (Wildman–Crippen LogP) is 3.60. The number of rotatable bonds is 3. The molecule has 2 aromatic rings. The highest BCUT2D eigenvalue weighted by molar-refractivity contribution is 7.23. The highest BCUT2D eigenvalue weighted by Gasteiger charge is 2.33. The van der Waals surface area contributed by atoms with Gasteiger partial charge in [-0.25, -0.2) is 9.78 Å². The summed E-state index contributed by atoms with van der Waals surface area (Å²) in [5.41, 5.74) is 0.303. The number of piperidine rings is 1. The third-order valence-corrected chi connectivity index (χ3v) is 5.80. The minimum absolute atomic E-state index is 0.303. The molecule has 1 fully saturated rings. The van der Waals surface area contributed by atoms with Crippen molar-refractivity contribution in [3.8, 4) is 9.88 Å². The van der Waals surface area contributed by atoms with Crippen LogP contribution < -0.4 is 0 Å². The number of carboxylic acid groups (broad SMARTS) is 1. The standard InChI is InChI=1S/C14H13ClN2O3S2/c15-11-5-4-10(22-11)12-16-8(7-21-12)13(18)17-6-2-1-3-9(17)14(19)20/h4-5,7,9H,1-3,6H2,(H,19,20)/t9-/m1/s1. The highest BCUT2D eigenvalue weighted by atomic mass is 35.5. The quantitative estimate of drug-likeness (QED) is 0.912. The minimum Gasteiger partial charge on any atom is -0.480 e. The Morgan fingerprint density at radius 2 is 2.18 bits per heavy atom. The van der Waals surface area contributed by atoms with E-state index in [2.05, 4.69) is 4.98 Å². The molecular weight excluding hydrogens is 344 g/mol. The molecule has 1 aliphatic heterocycles. The second-order valence-corrected chi connectivity index (χ2v) is 7.56. The highest BCUT2D eigenvalue weighted by Crippen LogP contribution is 2.33. The van der Waals surface area contributed by atoms with Crippen molar-refractivity contribution >= 4 is 46.2 Å². The number of carbonyl (C=O) groups is 2. The third-order valence-electron chi connectivity index (χ3n) is 3.56. The Bertz CT molecular complexity index is 713. The average Bonchev–Trinajstić information content (AvgIpc) is 3.15. The van der Waals surface area contributed by atoms with Crippen LogP contribution in [0.1, 0.15) is 29.8 Å². The Balaban J connectivity index is 1.83. The van der Waals surface area contributed by atoms with E-state index in [0.29, 0.717) is 23.0 Å². The van der Waals surface area contributed by atoms with Gasteiger partial charge in [0, 0.05) is 11.9 Å². The molecule has 1 atom stereocenters. The zero-order valence-electron chi connectivity index (χ0n) is 11.5. The Kier molecular flexibility index (Phi) is 4.46. The monoisotopic (exact) mass is 356 g/mol. The van der Waals surface area contributed by atoms with E-state index in [9.17, 15) is 14.7 Å². The second kappa shape index (κ2) is 6.36. The Hall–Kier alpha value is -1.44. The Labute approximate surface area is 140 Å². The molecule has 5 nitrogen and oxygen atoms in total. The van der Waals surface area contributed by atoms with Crippen LogP contribution in [0.25, 0.3) is 9.88 Å². The van der Waals surface area contributed by atoms with Gasteiger partial charge in [0.2, 0.25) is 0 Å². The average molecular weight is 357 g/mol. The number of hydrogen-bond acceptors (Lipinski definition) is 5. The van der Waals surface area contributed by atoms with Crippen molar-refractivity contribution in [2.75, 3.05) is 6.54 Å². The van der Waals surface area contributed by atoms with Gasteiger partial charge in [0.25, 0.3) is 5.91 Å². The predicted molar refractivity (Wildman–Crippen MR) is 86.7 cm³/mol. The molecule has 8 heteroatoms. The van der Waals surface area contributed by atoms with Gasteiger partial charge >= 0.3 is 5.97 Å². The summed E-state index contributed by atoms with van der Waals surface area (Å²) in [5.74, 6) is -1.26. The summed E-state index contributed by atoms with van der Waals surface area (Å²) >= 11 is 8.68. The lowest BCUT2D eigenvalue weighted by molar-refractivity contribution is -0.143. The molecule has 0 bridgehead atoms. The lowest BCUT2D eigenvalue weighted by Crippen LogP contribution is -2.48. The van der Waals surface area contributed by atoms with Gasteiger partial charge in [-0.2, -0.15) is 0 Å². The van der Waals surface area contributed by atoms with Crippen LogP contribution in [0, 0.1) is 0 Å². The van der Waals surface area contributed by atoms with Crippen molar-refractivity contribution in [1.29, 1.82) is 0 Å². The fraction of sp³-hybridized carbons (Fsp3) is 0.357. The molecule has 1 saturated heterocycles. The summed E-state index contributed by atoms with van der Waals surface area (Å²) in [6.07, 6.45) is 2.16. The topological polar surface area (TPSA) is 70.5 Å². The van der Waals surface area contributed by atoms with Gasteiger partial charge in [0.1, 0.15) is 16.7 Å². The van der Waals surface area contributed by atoms with Gasteiger partial charge < -0.3 is 10.0 Å². The Morgan fingerprint density at radius 1 is 1.36 bits per heavy atom. The van der Waals surface area contributed by atoms with Crippen LogP contribution >= 0.6 is 34.3 Å². The van der Waals surface area contributed by atoms with Crippen LogP contribution in [-0.4, -0.2) is 39.5 Å².